The quantitative estimate of drug-likeness (QED) is 0.721. The SMILES string of the molecule is O=C([O-])c1sc(/C=C/c2ccc(Cl)cc2)nc1-c1ccccc1. The molecule has 0 bridgehead atoms. The maximum atomic E-state index is 11.3. The highest BCUT2D eigenvalue weighted by molar-refractivity contribution is 7.14. The number of hydrogen-bond acceptors (Lipinski definition) is 4. The van der Waals surface area contributed by atoms with Crippen molar-refractivity contribution >= 4 is 41.1 Å². The van der Waals surface area contributed by atoms with E-state index in [0.717, 1.165) is 22.5 Å². The molecule has 23 heavy (non-hydrogen) atoms. The van der Waals surface area contributed by atoms with Gasteiger partial charge in [-0.05, 0) is 23.8 Å². The maximum absolute atomic E-state index is 11.3. The number of carboxylic acids is 1. The van der Waals surface area contributed by atoms with Gasteiger partial charge in [-0.15, -0.1) is 11.3 Å². The fraction of sp³-hybridized carbons (Fsp3) is 0. The van der Waals surface area contributed by atoms with Crippen molar-refractivity contribution in [3.63, 3.8) is 0 Å². The number of benzene rings is 2. The largest absolute Gasteiger partial charge is 0.544 e. The summed E-state index contributed by atoms with van der Waals surface area (Å²) in [6.45, 7) is 0. The summed E-state index contributed by atoms with van der Waals surface area (Å²) in [5.41, 5.74) is 2.15. The molecule has 114 valence electrons. The monoisotopic (exact) mass is 340 g/mol. The molecule has 0 aliphatic heterocycles. The molecule has 3 nitrogen and oxygen atoms in total. The van der Waals surface area contributed by atoms with Crippen LogP contribution in [0.5, 0.6) is 0 Å². The fourth-order valence-electron chi connectivity index (χ4n) is 2.08. The summed E-state index contributed by atoms with van der Waals surface area (Å²) >= 11 is 6.95. The summed E-state index contributed by atoms with van der Waals surface area (Å²) < 4.78 is 0. The van der Waals surface area contributed by atoms with E-state index in [9.17, 15) is 9.90 Å². The third-order valence-electron chi connectivity index (χ3n) is 3.16. The second-order valence-corrected chi connectivity index (χ2v) is 6.24. The van der Waals surface area contributed by atoms with Crippen LogP contribution in [0.4, 0.5) is 0 Å². The molecule has 0 atom stereocenters. The topological polar surface area (TPSA) is 53.0 Å². The van der Waals surface area contributed by atoms with E-state index >= 15 is 0 Å². The molecule has 0 aliphatic rings. The molecule has 3 rings (SSSR count). The Kier molecular flexibility index (Phi) is 4.55. The molecule has 0 fully saturated rings. The van der Waals surface area contributed by atoms with Crippen molar-refractivity contribution in [2.75, 3.05) is 0 Å². The Balaban J connectivity index is 1.95. The van der Waals surface area contributed by atoms with Crippen molar-refractivity contribution in [2.45, 2.75) is 0 Å². The molecule has 2 aromatic carbocycles. The van der Waals surface area contributed by atoms with Gasteiger partial charge in [0.05, 0.1) is 16.5 Å². The number of carbonyl (C=O) groups excluding carboxylic acids is 1. The van der Waals surface area contributed by atoms with E-state index in [0.29, 0.717) is 15.7 Å². The molecule has 0 saturated heterocycles. The van der Waals surface area contributed by atoms with Gasteiger partial charge in [-0.1, -0.05) is 60.1 Å². The smallest absolute Gasteiger partial charge is 0.117 e. The van der Waals surface area contributed by atoms with Crippen LogP contribution in [0, 0.1) is 0 Å². The number of nitrogens with zero attached hydrogens (tertiary/aromatic N) is 1. The van der Waals surface area contributed by atoms with Gasteiger partial charge < -0.3 is 9.90 Å². The van der Waals surface area contributed by atoms with Crippen LogP contribution >= 0.6 is 22.9 Å². The van der Waals surface area contributed by atoms with Crippen molar-refractivity contribution in [1.82, 2.24) is 4.98 Å². The minimum absolute atomic E-state index is 0.131. The Bertz CT molecular complexity index is 854. The van der Waals surface area contributed by atoms with Crippen LogP contribution in [0.25, 0.3) is 23.4 Å². The Labute approximate surface area is 142 Å². The second kappa shape index (κ2) is 6.77. The first-order valence-corrected chi connectivity index (χ1v) is 8.04. The molecule has 0 spiro atoms. The lowest BCUT2D eigenvalue weighted by Crippen LogP contribution is -2.21. The van der Waals surface area contributed by atoms with Gasteiger partial charge in [0.2, 0.25) is 0 Å². The number of carboxylic acid groups (broad SMARTS) is 1. The third-order valence-corrected chi connectivity index (χ3v) is 4.42. The molecule has 0 unspecified atom stereocenters. The van der Waals surface area contributed by atoms with E-state index in [4.69, 9.17) is 11.6 Å². The van der Waals surface area contributed by atoms with Gasteiger partial charge in [-0.25, -0.2) is 4.98 Å². The average Bonchev–Trinajstić information content (AvgIpc) is 3.00. The first kappa shape index (κ1) is 15.5. The van der Waals surface area contributed by atoms with Crippen LogP contribution in [0.1, 0.15) is 20.2 Å². The van der Waals surface area contributed by atoms with E-state index < -0.39 is 5.97 Å². The molecule has 1 aromatic heterocycles. The predicted molar refractivity (Wildman–Crippen MR) is 92.3 cm³/mol. The molecule has 0 N–H and O–H groups in total. The number of thiazole rings is 1. The molecule has 3 aromatic rings. The molecular weight excluding hydrogens is 330 g/mol. The van der Waals surface area contributed by atoms with E-state index in [1.54, 1.807) is 18.2 Å². The number of rotatable bonds is 4. The van der Waals surface area contributed by atoms with Crippen molar-refractivity contribution in [3.8, 4) is 11.3 Å². The maximum Gasteiger partial charge on any atom is 0.117 e. The molecular formula is C18H11ClNO2S-. The van der Waals surface area contributed by atoms with Gasteiger partial charge in [0.25, 0.3) is 0 Å². The summed E-state index contributed by atoms with van der Waals surface area (Å²) in [5, 5.41) is 12.6. The lowest BCUT2D eigenvalue weighted by atomic mass is 10.1. The van der Waals surface area contributed by atoms with E-state index in [-0.39, 0.29) is 4.88 Å². The van der Waals surface area contributed by atoms with Crippen molar-refractivity contribution < 1.29 is 9.90 Å². The normalized spacial score (nSPS) is 11.0. The highest BCUT2D eigenvalue weighted by Crippen LogP contribution is 2.28. The first-order valence-electron chi connectivity index (χ1n) is 6.85. The van der Waals surface area contributed by atoms with E-state index in [2.05, 4.69) is 4.98 Å². The fourth-order valence-corrected chi connectivity index (χ4v) is 3.03. The van der Waals surface area contributed by atoms with Gasteiger partial charge in [0, 0.05) is 10.6 Å². The first-order chi connectivity index (χ1) is 11.1. The summed E-state index contributed by atoms with van der Waals surface area (Å²) in [4.78, 5) is 15.9. The summed E-state index contributed by atoms with van der Waals surface area (Å²) in [7, 11) is 0. The van der Waals surface area contributed by atoms with Crippen molar-refractivity contribution in [2.24, 2.45) is 0 Å². The third kappa shape index (κ3) is 3.67. The molecule has 0 aliphatic carbocycles. The van der Waals surface area contributed by atoms with Crippen LogP contribution in [-0.4, -0.2) is 11.0 Å². The predicted octanol–water partition coefficient (Wildman–Crippen LogP) is 4.00. The number of halogens is 1. The van der Waals surface area contributed by atoms with Gasteiger partial charge in [-0.3, -0.25) is 0 Å². The van der Waals surface area contributed by atoms with Crippen molar-refractivity contribution in [1.29, 1.82) is 0 Å². The molecule has 5 heteroatoms. The minimum atomic E-state index is -1.22. The van der Waals surface area contributed by atoms with Gasteiger partial charge in [0.15, 0.2) is 0 Å². The zero-order valence-electron chi connectivity index (χ0n) is 11.9. The van der Waals surface area contributed by atoms with Crippen LogP contribution in [0.15, 0.2) is 54.6 Å². The van der Waals surface area contributed by atoms with Crippen LogP contribution in [0.2, 0.25) is 5.02 Å². The van der Waals surface area contributed by atoms with Gasteiger partial charge in [-0.2, -0.15) is 0 Å². The Morgan fingerprint density at radius 2 is 1.74 bits per heavy atom. The Hall–Kier alpha value is -2.43. The summed E-state index contributed by atoms with van der Waals surface area (Å²) in [6, 6.07) is 16.6. The average molecular weight is 341 g/mol. The summed E-state index contributed by atoms with van der Waals surface area (Å²) in [6.07, 6.45) is 3.65. The number of carbonyl (C=O) groups is 1. The zero-order valence-corrected chi connectivity index (χ0v) is 13.5. The molecule has 1 heterocycles. The van der Waals surface area contributed by atoms with E-state index in [1.807, 2.05) is 48.5 Å². The highest BCUT2D eigenvalue weighted by Gasteiger charge is 2.12. The minimum Gasteiger partial charge on any atom is -0.544 e. The van der Waals surface area contributed by atoms with Gasteiger partial charge in [0.1, 0.15) is 5.01 Å². The van der Waals surface area contributed by atoms with E-state index in [1.165, 1.54) is 0 Å². The highest BCUT2D eigenvalue weighted by atomic mass is 35.5. The van der Waals surface area contributed by atoms with Crippen molar-refractivity contribution in [3.05, 3.63) is 75.1 Å². The van der Waals surface area contributed by atoms with Gasteiger partial charge >= 0.3 is 0 Å². The van der Waals surface area contributed by atoms with Crippen LogP contribution < -0.4 is 5.11 Å². The Morgan fingerprint density at radius 3 is 2.39 bits per heavy atom. The molecule has 0 amide bonds. The standard InChI is InChI=1S/C18H12ClNO2S/c19-14-9-6-12(7-10-14)8-11-15-20-16(17(23-15)18(21)22)13-4-2-1-3-5-13/h1-11H,(H,21,22)/p-1/b11-8+. The number of aromatic nitrogens is 1. The zero-order chi connectivity index (χ0) is 16.2. The number of aromatic carboxylic acids is 1. The molecule has 0 radical (unpaired) electrons. The summed E-state index contributed by atoms with van der Waals surface area (Å²) in [5.74, 6) is -1.22. The second-order valence-electron chi connectivity index (χ2n) is 4.77. The van der Waals surface area contributed by atoms with Crippen LogP contribution in [-0.2, 0) is 0 Å². The molecule has 0 saturated carbocycles. The lowest BCUT2D eigenvalue weighted by Gasteiger charge is -2.01. The lowest BCUT2D eigenvalue weighted by molar-refractivity contribution is -0.254. The number of hydrogen-bond donors (Lipinski definition) is 0. The Morgan fingerprint density at radius 1 is 1.04 bits per heavy atom. The van der Waals surface area contributed by atoms with Crippen LogP contribution in [0.3, 0.4) is 0 Å².